The largest absolute Gasteiger partial charge is 0.444 e. The molecular weight excluding hydrogens is 290 g/mol. The van der Waals surface area contributed by atoms with Crippen molar-refractivity contribution in [2.45, 2.75) is 51.3 Å². The third-order valence-electron chi connectivity index (χ3n) is 4.98. The summed E-state index contributed by atoms with van der Waals surface area (Å²) < 4.78 is 5.34. The lowest BCUT2D eigenvalue weighted by Gasteiger charge is -2.32. The first-order chi connectivity index (χ1) is 10.6. The summed E-state index contributed by atoms with van der Waals surface area (Å²) in [6.45, 7) is 9.01. The Kier molecular flexibility index (Phi) is 3.59. The zero-order chi connectivity index (χ0) is 17.0. The lowest BCUT2D eigenvalue weighted by Crippen LogP contribution is -2.45. The van der Waals surface area contributed by atoms with E-state index in [1.807, 2.05) is 26.8 Å². The molecule has 1 fully saturated rings. The second-order valence-electron chi connectivity index (χ2n) is 7.99. The van der Waals surface area contributed by atoms with Gasteiger partial charge >= 0.3 is 6.09 Å². The van der Waals surface area contributed by atoms with Crippen LogP contribution in [0.4, 0.5) is 16.2 Å². The van der Waals surface area contributed by atoms with E-state index >= 15 is 0 Å². The summed E-state index contributed by atoms with van der Waals surface area (Å²) in [6, 6.07) is 6.15. The Balaban J connectivity index is 1.87. The molecule has 126 valence electrons. The van der Waals surface area contributed by atoms with Crippen LogP contribution in [0.15, 0.2) is 18.2 Å². The van der Waals surface area contributed by atoms with Crippen LogP contribution in [0.25, 0.3) is 0 Å². The zero-order valence-electron chi connectivity index (χ0n) is 14.9. The molecule has 5 heteroatoms. The van der Waals surface area contributed by atoms with E-state index in [4.69, 9.17) is 4.74 Å². The molecule has 0 aromatic heterocycles. The molecule has 0 aliphatic carbocycles. The molecule has 2 heterocycles. The second-order valence-corrected chi connectivity index (χ2v) is 7.99. The van der Waals surface area contributed by atoms with Crippen LogP contribution < -0.4 is 10.2 Å². The number of likely N-dealkylation sites (N-methyl/N-ethyl adjacent to an activating group) is 2. The highest BCUT2D eigenvalue weighted by molar-refractivity contribution is 5.86. The van der Waals surface area contributed by atoms with E-state index in [0.29, 0.717) is 6.17 Å². The summed E-state index contributed by atoms with van der Waals surface area (Å²) in [5.41, 5.74) is 2.96. The highest BCUT2D eigenvalue weighted by Gasteiger charge is 2.52. The molecule has 0 bridgehead atoms. The molecule has 1 saturated heterocycles. The summed E-state index contributed by atoms with van der Waals surface area (Å²) in [4.78, 5) is 16.8. The van der Waals surface area contributed by atoms with Gasteiger partial charge in [-0.05, 0) is 58.0 Å². The summed E-state index contributed by atoms with van der Waals surface area (Å²) in [5.74, 6) is 0. The van der Waals surface area contributed by atoms with Gasteiger partial charge in [-0.3, -0.25) is 10.2 Å². The number of benzene rings is 1. The van der Waals surface area contributed by atoms with Gasteiger partial charge in [0, 0.05) is 30.4 Å². The Labute approximate surface area is 138 Å². The maximum absolute atomic E-state index is 12.0. The predicted molar refractivity (Wildman–Crippen MR) is 93.1 cm³/mol. The lowest BCUT2D eigenvalue weighted by molar-refractivity contribution is 0.0636. The van der Waals surface area contributed by atoms with E-state index in [9.17, 15) is 4.79 Å². The number of fused-ring (bicyclic) bond motifs is 3. The van der Waals surface area contributed by atoms with Crippen LogP contribution >= 0.6 is 0 Å². The number of carbonyl (C=O) groups is 1. The van der Waals surface area contributed by atoms with Crippen LogP contribution in [0.3, 0.4) is 0 Å². The average Bonchev–Trinajstić information content (AvgIpc) is 2.83. The third-order valence-corrected chi connectivity index (χ3v) is 4.98. The van der Waals surface area contributed by atoms with E-state index < -0.39 is 11.7 Å². The maximum Gasteiger partial charge on any atom is 0.412 e. The van der Waals surface area contributed by atoms with Crippen molar-refractivity contribution in [3.05, 3.63) is 23.8 Å². The zero-order valence-corrected chi connectivity index (χ0v) is 14.9. The molecule has 2 unspecified atom stereocenters. The van der Waals surface area contributed by atoms with Crippen molar-refractivity contribution < 1.29 is 9.53 Å². The Hall–Kier alpha value is -1.75. The molecule has 1 amide bonds. The predicted octanol–water partition coefficient (Wildman–Crippen LogP) is 3.40. The molecule has 23 heavy (non-hydrogen) atoms. The quantitative estimate of drug-likeness (QED) is 0.862. The lowest BCUT2D eigenvalue weighted by atomic mass is 9.81. The number of hydrogen-bond donors (Lipinski definition) is 1. The summed E-state index contributed by atoms with van der Waals surface area (Å²) in [6.07, 6.45) is 1.10. The first-order valence-corrected chi connectivity index (χ1v) is 8.19. The van der Waals surface area contributed by atoms with Crippen molar-refractivity contribution in [1.29, 1.82) is 0 Å². The molecule has 2 atom stereocenters. The summed E-state index contributed by atoms with van der Waals surface area (Å²) in [7, 11) is 4.33. The number of nitrogens with zero attached hydrogens (tertiary/aromatic N) is 2. The fourth-order valence-electron chi connectivity index (χ4n) is 4.08. The highest BCUT2D eigenvalue weighted by atomic mass is 16.6. The standard InChI is InChI=1S/C18H27N3O2/c1-17(2,3)23-16(22)19-12-7-8-14-13(11-12)18(4)9-10-20(5)15(18)21(14)6/h7-8,11,15H,9-10H2,1-6H3,(H,19,22). The summed E-state index contributed by atoms with van der Waals surface area (Å²) >= 11 is 0. The van der Waals surface area contributed by atoms with Gasteiger partial charge in [-0.1, -0.05) is 6.92 Å². The fourth-order valence-corrected chi connectivity index (χ4v) is 4.08. The van der Waals surface area contributed by atoms with Gasteiger partial charge in [-0.25, -0.2) is 4.79 Å². The van der Waals surface area contributed by atoms with Gasteiger partial charge in [0.1, 0.15) is 5.60 Å². The van der Waals surface area contributed by atoms with Crippen LogP contribution in [0.2, 0.25) is 0 Å². The number of nitrogens with one attached hydrogen (secondary N) is 1. The van der Waals surface area contributed by atoms with Gasteiger partial charge in [0.25, 0.3) is 0 Å². The van der Waals surface area contributed by atoms with Gasteiger partial charge in [0.05, 0.1) is 6.17 Å². The molecular formula is C18H27N3O2. The van der Waals surface area contributed by atoms with Crippen molar-refractivity contribution in [2.24, 2.45) is 0 Å². The molecule has 1 aromatic rings. The Morgan fingerprint density at radius 3 is 2.70 bits per heavy atom. The van der Waals surface area contributed by atoms with Gasteiger partial charge in [-0.2, -0.15) is 0 Å². The van der Waals surface area contributed by atoms with Crippen molar-refractivity contribution >= 4 is 17.5 Å². The van der Waals surface area contributed by atoms with E-state index in [1.165, 1.54) is 11.3 Å². The molecule has 1 N–H and O–H groups in total. The van der Waals surface area contributed by atoms with E-state index in [-0.39, 0.29) is 5.41 Å². The Bertz CT molecular complexity index is 638. The van der Waals surface area contributed by atoms with Crippen LogP contribution in [0.1, 0.15) is 39.7 Å². The molecule has 0 saturated carbocycles. The molecule has 0 radical (unpaired) electrons. The van der Waals surface area contributed by atoms with Crippen LogP contribution in [0, 0.1) is 0 Å². The number of anilines is 2. The van der Waals surface area contributed by atoms with E-state index in [2.05, 4.69) is 48.3 Å². The van der Waals surface area contributed by atoms with Gasteiger partial charge in [0.15, 0.2) is 0 Å². The topological polar surface area (TPSA) is 44.8 Å². The minimum atomic E-state index is -0.494. The SMILES string of the molecule is CN1CCC2(C)c3cc(NC(=O)OC(C)(C)C)ccc3N(C)C12. The van der Waals surface area contributed by atoms with Crippen molar-refractivity contribution in [1.82, 2.24) is 4.90 Å². The average molecular weight is 317 g/mol. The van der Waals surface area contributed by atoms with Gasteiger partial charge < -0.3 is 9.64 Å². The smallest absolute Gasteiger partial charge is 0.412 e. The first-order valence-electron chi connectivity index (χ1n) is 8.19. The highest BCUT2D eigenvalue weighted by Crippen LogP contribution is 2.51. The van der Waals surface area contributed by atoms with E-state index in [1.54, 1.807) is 0 Å². The van der Waals surface area contributed by atoms with Crippen LogP contribution in [-0.4, -0.2) is 43.4 Å². The van der Waals surface area contributed by atoms with E-state index in [0.717, 1.165) is 18.7 Å². The van der Waals surface area contributed by atoms with Gasteiger partial charge in [0.2, 0.25) is 0 Å². The number of hydrogen-bond acceptors (Lipinski definition) is 4. The van der Waals surface area contributed by atoms with Crippen molar-refractivity contribution in [3.8, 4) is 0 Å². The van der Waals surface area contributed by atoms with Crippen LogP contribution in [0.5, 0.6) is 0 Å². The number of amides is 1. The normalized spacial score (nSPS) is 26.9. The molecule has 1 aromatic carbocycles. The second kappa shape index (κ2) is 5.13. The molecule has 2 aliphatic heterocycles. The summed E-state index contributed by atoms with van der Waals surface area (Å²) in [5, 5.41) is 2.86. The van der Waals surface area contributed by atoms with Crippen molar-refractivity contribution in [3.63, 3.8) is 0 Å². The van der Waals surface area contributed by atoms with Gasteiger partial charge in [-0.15, -0.1) is 0 Å². The number of ether oxygens (including phenoxy) is 1. The Morgan fingerprint density at radius 2 is 2.04 bits per heavy atom. The number of carbonyl (C=O) groups excluding carboxylic acids is 1. The molecule has 0 spiro atoms. The molecule has 5 nitrogen and oxygen atoms in total. The maximum atomic E-state index is 12.0. The first kappa shape index (κ1) is 16.1. The Morgan fingerprint density at radius 1 is 1.35 bits per heavy atom. The third kappa shape index (κ3) is 2.67. The van der Waals surface area contributed by atoms with Crippen LogP contribution in [-0.2, 0) is 10.2 Å². The molecule has 3 rings (SSSR count). The van der Waals surface area contributed by atoms with Crippen molar-refractivity contribution in [2.75, 3.05) is 30.9 Å². The fraction of sp³-hybridized carbons (Fsp3) is 0.611. The monoisotopic (exact) mass is 317 g/mol. The number of rotatable bonds is 1. The minimum absolute atomic E-state index is 0.102. The molecule has 2 aliphatic rings. The number of likely N-dealkylation sites (tertiary alicyclic amines) is 1. The minimum Gasteiger partial charge on any atom is -0.444 e.